The Kier molecular flexibility index (Phi) is 15.2. The molecule has 0 saturated carbocycles. The maximum atomic E-state index is 9.55. The molecule has 2 aliphatic rings. The lowest BCUT2D eigenvalue weighted by molar-refractivity contribution is -0.134. The van der Waals surface area contributed by atoms with Crippen molar-refractivity contribution in [1.29, 1.82) is 5.26 Å². The molecule has 1 atom stereocenters. The first kappa shape index (κ1) is 31.8. The number of benzene rings is 1. The van der Waals surface area contributed by atoms with Gasteiger partial charge in [-0.25, -0.2) is 19.2 Å². The summed E-state index contributed by atoms with van der Waals surface area (Å²) in [6, 6.07) is 10.3. The summed E-state index contributed by atoms with van der Waals surface area (Å²) in [6.07, 6.45) is 7.45. The Morgan fingerprint density at radius 1 is 0.868 bits per heavy atom. The molecule has 1 aromatic rings. The van der Waals surface area contributed by atoms with Gasteiger partial charge < -0.3 is 30.1 Å². The van der Waals surface area contributed by atoms with Crippen molar-refractivity contribution in [2.24, 2.45) is 0 Å². The van der Waals surface area contributed by atoms with Crippen LogP contribution in [0.5, 0.6) is 5.75 Å². The van der Waals surface area contributed by atoms with E-state index in [1.165, 1.54) is 45.4 Å². The molecule has 0 bridgehead atoms. The molecule has 1 aromatic carbocycles. The van der Waals surface area contributed by atoms with E-state index in [4.69, 9.17) is 30.4 Å². The fourth-order valence-corrected chi connectivity index (χ4v) is 3.81. The smallest absolute Gasteiger partial charge is 0.328 e. The van der Waals surface area contributed by atoms with Crippen LogP contribution in [0.25, 0.3) is 0 Å². The molecule has 2 saturated heterocycles. The number of nitriles is 1. The number of hydrogen-bond donors (Lipinski definition) is 4. The Bertz CT molecular complexity index is 950. The summed E-state index contributed by atoms with van der Waals surface area (Å²) in [5, 5.41) is 40.0. The van der Waals surface area contributed by atoms with Crippen molar-refractivity contribution in [3.63, 3.8) is 0 Å². The molecule has 4 N–H and O–H groups in total. The second kappa shape index (κ2) is 18.1. The maximum absolute atomic E-state index is 9.55. The van der Waals surface area contributed by atoms with Crippen LogP contribution in [-0.2, 0) is 19.2 Å². The second-order valence-electron chi connectivity index (χ2n) is 8.34. The van der Waals surface area contributed by atoms with Crippen LogP contribution in [0.4, 0.5) is 0 Å². The average Bonchev–Trinajstić information content (AvgIpc) is 2.90. The summed E-state index contributed by atoms with van der Waals surface area (Å²) in [6.45, 7) is 6.85. The quantitative estimate of drug-likeness (QED) is 0.268. The van der Waals surface area contributed by atoms with Gasteiger partial charge in [0.1, 0.15) is 5.75 Å². The molecule has 12 heteroatoms. The number of carboxylic acid groups (broad SMARTS) is 4. The van der Waals surface area contributed by atoms with E-state index in [2.05, 4.69) is 15.9 Å². The number of nitrogens with zero attached hydrogens (tertiary/aromatic N) is 3. The van der Waals surface area contributed by atoms with E-state index in [0.717, 1.165) is 31.4 Å². The molecule has 12 nitrogen and oxygen atoms in total. The predicted molar refractivity (Wildman–Crippen MR) is 136 cm³/mol. The predicted octanol–water partition coefficient (Wildman–Crippen LogP) is 1.92. The Labute approximate surface area is 220 Å². The zero-order valence-corrected chi connectivity index (χ0v) is 20.9. The van der Waals surface area contributed by atoms with Crippen LogP contribution >= 0.6 is 0 Å². The van der Waals surface area contributed by atoms with Gasteiger partial charge in [-0.2, -0.15) is 5.26 Å². The van der Waals surface area contributed by atoms with Crippen molar-refractivity contribution in [3.8, 4) is 11.8 Å². The van der Waals surface area contributed by atoms with Gasteiger partial charge in [-0.15, -0.1) is 0 Å². The fourth-order valence-electron chi connectivity index (χ4n) is 3.81. The molecule has 38 heavy (non-hydrogen) atoms. The van der Waals surface area contributed by atoms with E-state index in [1.807, 2.05) is 12.1 Å². The summed E-state index contributed by atoms with van der Waals surface area (Å²) < 4.78 is 5.76. The fraction of sp³-hybridized carbons (Fsp3) is 0.423. The number of hydrogen-bond acceptors (Lipinski definition) is 8. The lowest BCUT2D eigenvalue weighted by atomic mass is 9.99. The number of rotatable bonds is 9. The van der Waals surface area contributed by atoms with Crippen LogP contribution in [0.2, 0.25) is 0 Å². The third-order valence-corrected chi connectivity index (χ3v) is 5.53. The van der Waals surface area contributed by atoms with Crippen LogP contribution in [0.15, 0.2) is 48.6 Å². The van der Waals surface area contributed by atoms with E-state index in [9.17, 15) is 19.2 Å². The molecule has 0 aromatic heterocycles. The molecule has 0 aliphatic carbocycles. The van der Waals surface area contributed by atoms with Gasteiger partial charge in [0, 0.05) is 56.5 Å². The van der Waals surface area contributed by atoms with Crippen LogP contribution in [0, 0.1) is 11.3 Å². The first-order valence-corrected chi connectivity index (χ1v) is 12.0. The van der Waals surface area contributed by atoms with Crippen LogP contribution in [0.3, 0.4) is 0 Å². The third kappa shape index (κ3) is 15.0. The number of piperidine rings is 1. The number of ether oxygens (including phenoxy) is 1. The third-order valence-electron chi connectivity index (χ3n) is 5.53. The molecule has 0 radical (unpaired) electrons. The van der Waals surface area contributed by atoms with E-state index in [-0.39, 0.29) is 0 Å². The molecule has 3 rings (SSSR count). The summed E-state index contributed by atoms with van der Waals surface area (Å²) in [4.78, 5) is 43.5. The molecule has 0 spiro atoms. The molecule has 2 heterocycles. The normalized spacial score (nSPS) is 17.2. The van der Waals surface area contributed by atoms with E-state index < -0.39 is 23.9 Å². The van der Waals surface area contributed by atoms with Crippen molar-refractivity contribution in [1.82, 2.24) is 9.80 Å². The van der Waals surface area contributed by atoms with Gasteiger partial charge in [0.25, 0.3) is 0 Å². The number of carboxylic acids is 4. The topological polar surface area (TPSA) is 189 Å². The Hall–Kier alpha value is -4.21. The van der Waals surface area contributed by atoms with Crippen molar-refractivity contribution < 1.29 is 44.3 Å². The number of carbonyl (C=O) groups is 4. The van der Waals surface area contributed by atoms with E-state index in [0.29, 0.717) is 29.9 Å². The number of aliphatic carboxylic acids is 4. The highest BCUT2D eigenvalue weighted by Crippen LogP contribution is 2.21. The summed E-state index contributed by atoms with van der Waals surface area (Å²) in [7, 11) is 0. The largest absolute Gasteiger partial charge is 0.494 e. The number of piperazine rings is 1. The van der Waals surface area contributed by atoms with Gasteiger partial charge in [0.05, 0.1) is 18.2 Å². The second-order valence-corrected chi connectivity index (χ2v) is 8.34. The van der Waals surface area contributed by atoms with Crippen molar-refractivity contribution >= 4 is 23.9 Å². The standard InChI is InChI=1S/C18H25N3O.2C4H4O4/c19-14-16-5-7-18(8-6-16)22-13-3-9-20-11-12-21-10-2-1-4-17(21)15-20;2*5-3(6)1-2-4(7)8/h5-8,17H,1-4,9-13,15H2;2*1-2H,(H,5,6)(H,7,8). The van der Waals surface area contributed by atoms with E-state index in [1.54, 1.807) is 12.1 Å². The zero-order chi connectivity index (χ0) is 28.3. The number of fused-ring (bicyclic) bond motifs is 1. The lowest BCUT2D eigenvalue weighted by Crippen LogP contribution is -2.54. The summed E-state index contributed by atoms with van der Waals surface area (Å²) in [5.41, 5.74) is 0.678. The van der Waals surface area contributed by atoms with Crippen LogP contribution in [-0.4, -0.2) is 99.5 Å². The molecule has 2 fully saturated rings. The SMILES string of the molecule is N#Cc1ccc(OCCCN2CCN3CCCCC3C2)cc1.O=C(O)C=CC(=O)O.O=C(O)C=CC(=O)O. The van der Waals surface area contributed by atoms with Gasteiger partial charge in [-0.1, -0.05) is 6.42 Å². The van der Waals surface area contributed by atoms with Crippen molar-refractivity contribution in [2.45, 2.75) is 31.7 Å². The highest BCUT2D eigenvalue weighted by molar-refractivity contribution is 5.90. The van der Waals surface area contributed by atoms with Gasteiger partial charge in [-0.05, 0) is 50.1 Å². The Morgan fingerprint density at radius 3 is 1.92 bits per heavy atom. The van der Waals surface area contributed by atoms with Gasteiger partial charge in [-0.3, -0.25) is 4.90 Å². The molecular formula is C26H33N3O9. The minimum atomic E-state index is -1.26. The summed E-state index contributed by atoms with van der Waals surface area (Å²) in [5.74, 6) is -4.17. The van der Waals surface area contributed by atoms with Crippen LogP contribution < -0.4 is 4.74 Å². The molecule has 2 aliphatic heterocycles. The molecule has 206 valence electrons. The summed E-state index contributed by atoms with van der Waals surface area (Å²) >= 11 is 0. The minimum absolute atomic E-state index is 0.558. The van der Waals surface area contributed by atoms with Gasteiger partial charge >= 0.3 is 23.9 Å². The monoisotopic (exact) mass is 531 g/mol. The lowest BCUT2D eigenvalue weighted by Gasteiger charge is -2.44. The van der Waals surface area contributed by atoms with Crippen molar-refractivity contribution in [2.75, 3.05) is 39.3 Å². The van der Waals surface area contributed by atoms with Crippen molar-refractivity contribution in [3.05, 3.63) is 54.1 Å². The first-order valence-electron chi connectivity index (χ1n) is 12.0. The Balaban J connectivity index is 0.000000374. The molecule has 1 unspecified atom stereocenters. The first-order chi connectivity index (χ1) is 18.1. The van der Waals surface area contributed by atoms with Crippen LogP contribution in [0.1, 0.15) is 31.2 Å². The average molecular weight is 532 g/mol. The highest BCUT2D eigenvalue weighted by atomic mass is 16.5. The minimum Gasteiger partial charge on any atom is -0.494 e. The maximum Gasteiger partial charge on any atom is 0.328 e. The Morgan fingerprint density at radius 2 is 1.42 bits per heavy atom. The van der Waals surface area contributed by atoms with E-state index >= 15 is 0 Å². The molecule has 0 amide bonds. The van der Waals surface area contributed by atoms with Gasteiger partial charge in [0.2, 0.25) is 0 Å². The molecular weight excluding hydrogens is 498 g/mol. The zero-order valence-electron chi connectivity index (χ0n) is 20.9. The van der Waals surface area contributed by atoms with Gasteiger partial charge in [0.15, 0.2) is 0 Å². The highest BCUT2D eigenvalue weighted by Gasteiger charge is 2.28.